The van der Waals surface area contributed by atoms with Gasteiger partial charge in [0.05, 0.1) is 17.2 Å². The standard InChI is InChI=1S/C30H46N2O4/c1-31(2)20-23-11-6-7-17-30(23,35)22-12-8-13-24(19-22)36-29(34)25-16-18-32-26(25)14-15-27(32)28(33)21-9-4-3-5-10-21/h14-15,21-25,35H,3-13,16-20H2,1-2H3. The van der Waals surface area contributed by atoms with Gasteiger partial charge in [0.25, 0.3) is 0 Å². The second-order valence-electron chi connectivity index (χ2n) is 12.5. The lowest BCUT2D eigenvalue weighted by molar-refractivity contribution is -0.160. The zero-order valence-electron chi connectivity index (χ0n) is 22.4. The van der Waals surface area contributed by atoms with E-state index >= 15 is 0 Å². The Morgan fingerprint density at radius 2 is 1.78 bits per heavy atom. The van der Waals surface area contributed by atoms with Crippen LogP contribution in [-0.2, 0) is 16.1 Å². The summed E-state index contributed by atoms with van der Waals surface area (Å²) in [5.41, 5.74) is 1.09. The number of ketones is 1. The Kier molecular flexibility index (Phi) is 7.92. The van der Waals surface area contributed by atoms with Crippen molar-refractivity contribution in [2.45, 2.75) is 114 Å². The fourth-order valence-corrected chi connectivity index (χ4v) is 7.90. The molecule has 200 valence electrons. The van der Waals surface area contributed by atoms with Gasteiger partial charge in [-0.1, -0.05) is 32.1 Å². The molecule has 6 nitrogen and oxygen atoms in total. The van der Waals surface area contributed by atoms with E-state index in [9.17, 15) is 14.7 Å². The van der Waals surface area contributed by atoms with Crippen molar-refractivity contribution < 1.29 is 19.4 Å². The smallest absolute Gasteiger partial charge is 0.315 e. The van der Waals surface area contributed by atoms with Gasteiger partial charge in [0.1, 0.15) is 6.10 Å². The van der Waals surface area contributed by atoms with Gasteiger partial charge in [-0.3, -0.25) is 9.59 Å². The third kappa shape index (κ3) is 5.18. The normalized spacial score (nSPS) is 33.4. The van der Waals surface area contributed by atoms with Gasteiger partial charge in [0.15, 0.2) is 5.78 Å². The number of aromatic nitrogens is 1. The second kappa shape index (κ2) is 11.0. The van der Waals surface area contributed by atoms with E-state index in [1.807, 2.05) is 12.1 Å². The maximum Gasteiger partial charge on any atom is 0.315 e. The number of carbonyl (C=O) groups excluding carboxylic acids is 2. The summed E-state index contributed by atoms with van der Waals surface area (Å²) in [6.07, 6.45) is 14.0. The van der Waals surface area contributed by atoms with E-state index in [1.165, 1.54) is 12.8 Å². The highest BCUT2D eigenvalue weighted by Gasteiger charge is 2.47. The molecule has 0 bridgehead atoms. The monoisotopic (exact) mass is 498 g/mol. The molecule has 0 aromatic carbocycles. The number of carbonyl (C=O) groups is 2. The summed E-state index contributed by atoms with van der Waals surface area (Å²) in [6, 6.07) is 3.92. The molecular formula is C30H46N2O4. The molecule has 1 aromatic heterocycles. The number of rotatable bonds is 7. The van der Waals surface area contributed by atoms with Gasteiger partial charge in [0, 0.05) is 30.6 Å². The first kappa shape index (κ1) is 26.0. The van der Waals surface area contributed by atoms with E-state index in [0.717, 1.165) is 95.1 Å². The van der Waals surface area contributed by atoms with Crippen LogP contribution in [-0.4, -0.2) is 58.7 Å². The zero-order chi connectivity index (χ0) is 25.3. The summed E-state index contributed by atoms with van der Waals surface area (Å²) in [5, 5.41) is 11.9. The molecule has 5 rings (SSSR count). The summed E-state index contributed by atoms with van der Waals surface area (Å²) in [7, 11) is 4.18. The number of esters is 1. The Balaban J connectivity index is 1.22. The SMILES string of the molecule is CN(C)CC1CCCCC1(O)C1CCCC(OC(=O)C2CCn3c(C(=O)C4CCCCC4)ccc32)C1. The average Bonchev–Trinajstić information content (AvgIpc) is 3.48. The number of ether oxygens (including phenoxy) is 1. The van der Waals surface area contributed by atoms with Crippen LogP contribution in [0.5, 0.6) is 0 Å². The third-order valence-corrected chi connectivity index (χ3v) is 9.81. The van der Waals surface area contributed by atoms with Crippen molar-refractivity contribution in [3.63, 3.8) is 0 Å². The molecule has 2 heterocycles. The van der Waals surface area contributed by atoms with Crippen LogP contribution in [0.3, 0.4) is 0 Å². The molecule has 3 aliphatic carbocycles. The highest BCUT2D eigenvalue weighted by molar-refractivity contribution is 5.97. The average molecular weight is 499 g/mol. The molecule has 0 amide bonds. The fraction of sp³-hybridized carbons (Fsp3) is 0.800. The lowest BCUT2D eigenvalue weighted by Gasteiger charge is -2.48. The predicted molar refractivity (Wildman–Crippen MR) is 140 cm³/mol. The van der Waals surface area contributed by atoms with E-state index in [2.05, 4.69) is 23.6 Å². The maximum absolute atomic E-state index is 13.3. The van der Waals surface area contributed by atoms with Crippen molar-refractivity contribution in [1.82, 2.24) is 9.47 Å². The van der Waals surface area contributed by atoms with Crippen molar-refractivity contribution in [2.24, 2.45) is 17.8 Å². The van der Waals surface area contributed by atoms with Crippen LogP contribution in [0, 0.1) is 17.8 Å². The van der Waals surface area contributed by atoms with Crippen LogP contribution in [0.1, 0.15) is 112 Å². The fourth-order valence-electron chi connectivity index (χ4n) is 7.90. The van der Waals surface area contributed by atoms with Gasteiger partial charge < -0.3 is 19.3 Å². The Morgan fingerprint density at radius 3 is 2.56 bits per heavy atom. The first-order valence-corrected chi connectivity index (χ1v) is 14.7. The summed E-state index contributed by atoms with van der Waals surface area (Å²) in [5.74, 6) is 0.468. The largest absolute Gasteiger partial charge is 0.462 e. The van der Waals surface area contributed by atoms with E-state index < -0.39 is 5.60 Å². The first-order chi connectivity index (χ1) is 17.4. The minimum atomic E-state index is -0.649. The number of hydrogen-bond donors (Lipinski definition) is 1. The molecule has 3 saturated carbocycles. The Bertz CT molecular complexity index is 933. The molecule has 1 N–H and O–H groups in total. The van der Waals surface area contributed by atoms with Crippen LogP contribution in [0.15, 0.2) is 12.1 Å². The lowest BCUT2D eigenvalue weighted by atomic mass is 9.64. The summed E-state index contributed by atoms with van der Waals surface area (Å²) >= 11 is 0. The molecule has 1 aliphatic heterocycles. The molecule has 5 atom stereocenters. The van der Waals surface area contributed by atoms with Gasteiger partial charge >= 0.3 is 5.97 Å². The lowest BCUT2D eigenvalue weighted by Crippen LogP contribution is -2.52. The van der Waals surface area contributed by atoms with Gasteiger partial charge in [-0.2, -0.15) is 0 Å². The minimum Gasteiger partial charge on any atom is -0.462 e. The van der Waals surface area contributed by atoms with Gasteiger partial charge in [-0.25, -0.2) is 0 Å². The van der Waals surface area contributed by atoms with E-state index in [4.69, 9.17) is 4.74 Å². The number of aliphatic hydroxyl groups is 1. The number of Topliss-reactive ketones (excluding diaryl/α,β-unsaturated/α-hetero) is 1. The second-order valence-corrected chi connectivity index (χ2v) is 12.5. The molecule has 3 fully saturated rings. The quantitative estimate of drug-likeness (QED) is 0.407. The van der Waals surface area contributed by atoms with E-state index in [1.54, 1.807) is 0 Å². The molecule has 36 heavy (non-hydrogen) atoms. The highest BCUT2D eigenvalue weighted by atomic mass is 16.5. The first-order valence-electron chi connectivity index (χ1n) is 14.7. The van der Waals surface area contributed by atoms with Crippen LogP contribution in [0.25, 0.3) is 0 Å². The molecule has 0 spiro atoms. The Labute approximate surface area is 216 Å². The summed E-state index contributed by atoms with van der Waals surface area (Å²) < 4.78 is 8.23. The third-order valence-electron chi connectivity index (χ3n) is 9.81. The van der Waals surface area contributed by atoms with Crippen molar-refractivity contribution >= 4 is 11.8 Å². The molecule has 0 saturated heterocycles. The predicted octanol–water partition coefficient (Wildman–Crippen LogP) is 5.32. The number of fused-ring (bicyclic) bond motifs is 1. The van der Waals surface area contributed by atoms with Crippen LogP contribution in [0.4, 0.5) is 0 Å². The molecular weight excluding hydrogens is 452 g/mol. The zero-order valence-corrected chi connectivity index (χ0v) is 22.4. The van der Waals surface area contributed by atoms with Crippen molar-refractivity contribution in [3.05, 3.63) is 23.5 Å². The molecule has 4 aliphatic rings. The summed E-state index contributed by atoms with van der Waals surface area (Å²) in [4.78, 5) is 28.7. The number of nitrogens with zero attached hydrogens (tertiary/aromatic N) is 2. The van der Waals surface area contributed by atoms with Crippen LogP contribution in [0.2, 0.25) is 0 Å². The highest BCUT2D eigenvalue weighted by Crippen LogP contribution is 2.46. The topological polar surface area (TPSA) is 71.8 Å². The van der Waals surface area contributed by atoms with Gasteiger partial charge in [0.2, 0.25) is 0 Å². The minimum absolute atomic E-state index is 0.116. The molecule has 1 aromatic rings. The molecule has 0 radical (unpaired) electrons. The Hall–Kier alpha value is -1.66. The number of hydrogen-bond acceptors (Lipinski definition) is 5. The summed E-state index contributed by atoms with van der Waals surface area (Å²) in [6.45, 7) is 1.63. The van der Waals surface area contributed by atoms with E-state index in [-0.39, 0.29) is 35.6 Å². The van der Waals surface area contributed by atoms with Crippen molar-refractivity contribution in [2.75, 3.05) is 20.6 Å². The van der Waals surface area contributed by atoms with Crippen molar-refractivity contribution in [1.29, 1.82) is 0 Å². The Morgan fingerprint density at radius 1 is 1.00 bits per heavy atom. The van der Waals surface area contributed by atoms with Gasteiger partial charge in [-0.05, 0) is 89.9 Å². The van der Waals surface area contributed by atoms with Crippen molar-refractivity contribution in [3.8, 4) is 0 Å². The van der Waals surface area contributed by atoms with Crippen LogP contribution < -0.4 is 0 Å². The molecule has 6 heteroatoms. The molecule has 5 unspecified atom stereocenters. The van der Waals surface area contributed by atoms with Gasteiger partial charge in [-0.15, -0.1) is 0 Å². The van der Waals surface area contributed by atoms with E-state index in [0.29, 0.717) is 12.3 Å². The maximum atomic E-state index is 13.3. The van der Waals surface area contributed by atoms with Crippen LogP contribution >= 0.6 is 0 Å².